The Morgan fingerprint density at radius 1 is 1.25 bits per heavy atom. The van der Waals surface area contributed by atoms with Crippen LogP contribution in [-0.4, -0.2) is 22.0 Å². The van der Waals surface area contributed by atoms with Gasteiger partial charge in [0.1, 0.15) is 0 Å². The van der Waals surface area contributed by atoms with Crippen molar-refractivity contribution < 1.29 is 14.7 Å². The van der Waals surface area contributed by atoms with E-state index in [0.29, 0.717) is 16.1 Å². The summed E-state index contributed by atoms with van der Waals surface area (Å²) in [6.07, 6.45) is -0.252. The largest absolute Gasteiger partial charge is 0.481 e. The summed E-state index contributed by atoms with van der Waals surface area (Å²) in [4.78, 5) is 27.8. The van der Waals surface area contributed by atoms with Crippen molar-refractivity contribution in [3.05, 3.63) is 64.1 Å². The normalized spacial score (nSPS) is 12.0. The molecular weight excluding hydrogens is 348 g/mol. The molecule has 1 heterocycles. The summed E-state index contributed by atoms with van der Waals surface area (Å²) in [5.74, 6) is -1.37. The molecule has 0 aliphatic carbocycles. The van der Waals surface area contributed by atoms with Crippen LogP contribution in [0.5, 0.6) is 0 Å². The third-order valence-corrected chi connectivity index (χ3v) is 4.69. The highest BCUT2D eigenvalue weighted by Crippen LogP contribution is 2.26. The molecule has 3 rings (SSSR count). The van der Waals surface area contributed by atoms with E-state index >= 15 is 0 Å². The van der Waals surface area contributed by atoms with E-state index in [9.17, 15) is 9.59 Å². The highest BCUT2D eigenvalue weighted by atomic mass is 35.5. The van der Waals surface area contributed by atoms with Crippen LogP contribution >= 0.6 is 22.9 Å². The van der Waals surface area contributed by atoms with Crippen LogP contribution < -0.4 is 5.32 Å². The molecule has 2 N–H and O–H groups in total. The first-order valence-corrected chi connectivity index (χ1v) is 8.40. The fraction of sp³-hybridized carbons (Fsp3) is 0.118. The van der Waals surface area contributed by atoms with Crippen LogP contribution in [-0.2, 0) is 4.79 Å². The van der Waals surface area contributed by atoms with Crippen LogP contribution in [0.3, 0.4) is 0 Å². The lowest BCUT2D eigenvalue weighted by molar-refractivity contribution is -0.137. The van der Waals surface area contributed by atoms with Crippen molar-refractivity contribution in [1.29, 1.82) is 0 Å². The van der Waals surface area contributed by atoms with Crippen LogP contribution in [0.25, 0.3) is 10.2 Å². The minimum atomic E-state index is -1.02. The number of carboxylic acid groups (broad SMARTS) is 1. The average molecular weight is 361 g/mol. The van der Waals surface area contributed by atoms with E-state index in [1.165, 1.54) is 11.3 Å². The Bertz CT molecular complexity index is 909. The van der Waals surface area contributed by atoms with Gasteiger partial charge in [0.05, 0.1) is 28.2 Å². The lowest BCUT2D eigenvalue weighted by Crippen LogP contribution is -2.30. The number of carboxylic acids is 1. The summed E-state index contributed by atoms with van der Waals surface area (Å²) in [5, 5.41) is 12.3. The Hall–Kier alpha value is -2.44. The smallest absolute Gasteiger partial charge is 0.305 e. The van der Waals surface area contributed by atoms with Gasteiger partial charge in [-0.15, -0.1) is 11.3 Å². The summed E-state index contributed by atoms with van der Waals surface area (Å²) in [5.41, 5.74) is 3.57. The molecule has 122 valence electrons. The zero-order valence-corrected chi connectivity index (χ0v) is 14.0. The van der Waals surface area contributed by atoms with Crippen LogP contribution in [0.4, 0.5) is 0 Å². The lowest BCUT2D eigenvalue weighted by atomic mass is 10.0. The highest BCUT2D eigenvalue weighted by Gasteiger charge is 2.21. The molecule has 0 spiro atoms. The number of nitrogens with one attached hydrogen (secondary N) is 1. The molecule has 0 saturated heterocycles. The summed E-state index contributed by atoms with van der Waals surface area (Å²) in [6, 6.07) is 11.4. The molecule has 0 fully saturated rings. The van der Waals surface area contributed by atoms with Gasteiger partial charge in [-0.1, -0.05) is 29.8 Å². The number of amides is 1. The number of fused-ring (bicyclic) bond motifs is 1. The van der Waals surface area contributed by atoms with Gasteiger partial charge in [0.15, 0.2) is 0 Å². The predicted octanol–water partition coefficient (Wildman–Crippen LogP) is 3.90. The quantitative estimate of drug-likeness (QED) is 0.723. The van der Waals surface area contributed by atoms with Crippen molar-refractivity contribution >= 4 is 45.0 Å². The Morgan fingerprint density at radius 2 is 2.04 bits per heavy atom. The molecule has 2 aromatic carbocycles. The van der Waals surface area contributed by atoms with Gasteiger partial charge in [-0.25, -0.2) is 4.98 Å². The maximum atomic E-state index is 12.5. The molecule has 1 atom stereocenters. The van der Waals surface area contributed by atoms with Crippen molar-refractivity contribution in [1.82, 2.24) is 10.3 Å². The van der Waals surface area contributed by atoms with E-state index in [2.05, 4.69) is 10.3 Å². The van der Waals surface area contributed by atoms with E-state index in [0.717, 1.165) is 10.2 Å². The number of halogens is 1. The molecule has 1 amide bonds. The predicted molar refractivity (Wildman–Crippen MR) is 93.5 cm³/mol. The topological polar surface area (TPSA) is 79.3 Å². The molecule has 0 bridgehead atoms. The number of nitrogens with zero attached hydrogens (tertiary/aromatic N) is 1. The fourth-order valence-corrected chi connectivity index (χ4v) is 3.39. The summed E-state index contributed by atoms with van der Waals surface area (Å²) < 4.78 is 0.898. The molecule has 0 aliphatic rings. The molecule has 3 aromatic rings. The van der Waals surface area contributed by atoms with Gasteiger partial charge in [-0.05, 0) is 29.8 Å². The van der Waals surface area contributed by atoms with Crippen LogP contribution in [0, 0.1) is 0 Å². The van der Waals surface area contributed by atoms with Crippen molar-refractivity contribution in [3.8, 4) is 0 Å². The van der Waals surface area contributed by atoms with Crippen molar-refractivity contribution in [3.63, 3.8) is 0 Å². The number of thiazole rings is 1. The summed E-state index contributed by atoms with van der Waals surface area (Å²) >= 11 is 7.59. The number of hydrogen-bond donors (Lipinski definition) is 2. The first-order valence-electron chi connectivity index (χ1n) is 7.15. The van der Waals surface area contributed by atoms with Crippen LogP contribution in [0.15, 0.2) is 48.0 Å². The Balaban J connectivity index is 1.87. The number of rotatable bonds is 5. The van der Waals surface area contributed by atoms with Crippen molar-refractivity contribution in [2.75, 3.05) is 0 Å². The standard InChI is InChI=1S/C17H13ClN2O3S/c18-12-4-2-1-3-11(12)14(8-16(21)22)20-17(23)10-5-6-13-15(7-10)24-9-19-13/h1-7,9,14H,8H2,(H,20,23)(H,21,22). The summed E-state index contributed by atoms with van der Waals surface area (Å²) in [6.45, 7) is 0. The minimum Gasteiger partial charge on any atom is -0.481 e. The minimum absolute atomic E-state index is 0.252. The number of aromatic nitrogens is 1. The molecule has 5 nitrogen and oxygen atoms in total. The lowest BCUT2D eigenvalue weighted by Gasteiger charge is -2.18. The number of carbonyl (C=O) groups excluding carboxylic acids is 1. The molecule has 0 aliphatic heterocycles. The first kappa shape index (κ1) is 16.4. The van der Waals surface area contributed by atoms with Gasteiger partial charge >= 0.3 is 5.97 Å². The highest BCUT2D eigenvalue weighted by molar-refractivity contribution is 7.16. The Kier molecular flexibility index (Phi) is 4.78. The second-order valence-electron chi connectivity index (χ2n) is 5.18. The maximum Gasteiger partial charge on any atom is 0.305 e. The molecule has 7 heteroatoms. The van der Waals surface area contributed by atoms with Gasteiger partial charge in [-0.2, -0.15) is 0 Å². The molecule has 1 unspecified atom stereocenters. The zero-order chi connectivity index (χ0) is 17.1. The molecule has 0 radical (unpaired) electrons. The fourth-order valence-electron chi connectivity index (χ4n) is 2.41. The van der Waals surface area contributed by atoms with Gasteiger partial charge in [0.25, 0.3) is 5.91 Å². The Labute approximate surface area is 146 Å². The number of carbonyl (C=O) groups is 2. The zero-order valence-electron chi connectivity index (χ0n) is 12.4. The summed E-state index contributed by atoms with van der Waals surface area (Å²) in [7, 11) is 0. The maximum absolute atomic E-state index is 12.5. The van der Waals surface area contributed by atoms with E-state index in [1.807, 2.05) is 0 Å². The molecule has 24 heavy (non-hydrogen) atoms. The number of benzene rings is 2. The van der Waals surface area contributed by atoms with Gasteiger partial charge in [0, 0.05) is 10.6 Å². The van der Waals surface area contributed by atoms with E-state index in [4.69, 9.17) is 16.7 Å². The van der Waals surface area contributed by atoms with Gasteiger partial charge in [0.2, 0.25) is 0 Å². The van der Waals surface area contributed by atoms with E-state index in [-0.39, 0.29) is 12.3 Å². The second-order valence-corrected chi connectivity index (χ2v) is 6.47. The monoisotopic (exact) mass is 360 g/mol. The number of hydrogen-bond acceptors (Lipinski definition) is 4. The molecule has 0 saturated carbocycles. The average Bonchev–Trinajstić information content (AvgIpc) is 3.01. The SMILES string of the molecule is O=C(O)CC(NC(=O)c1ccc2ncsc2c1)c1ccccc1Cl. The van der Waals surface area contributed by atoms with E-state index in [1.54, 1.807) is 48.0 Å². The third kappa shape index (κ3) is 3.55. The van der Waals surface area contributed by atoms with Crippen LogP contribution in [0.1, 0.15) is 28.4 Å². The van der Waals surface area contributed by atoms with Gasteiger partial charge < -0.3 is 10.4 Å². The number of aliphatic carboxylic acids is 1. The van der Waals surface area contributed by atoms with Crippen LogP contribution in [0.2, 0.25) is 5.02 Å². The second kappa shape index (κ2) is 6.98. The Morgan fingerprint density at radius 3 is 2.79 bits per heavy atom. The first-order chi connectivity index (χ1) is 11.5. The van der Waals surface area contributed by atoms with Crippen molar-refractivity contribution in [2.45, 2.75) is 12.5 Å². The van der Waals surface area contributed by atoms with Gasteiger partial charge in [-0.3, -0.25) is 9.59 Å². The van der Waals surface area contributed by atoms with E-state index < -0.39 is 12.0 Å². The van der Waals surface area contributed by atoms with Crippen molar-refractivity contribution in [2.24, 2.45) is 0 Å². The molecule has 1 aromatic heterocycles. The third-order valence-electron chi connectivity index (χ3n) is 3.56. The molecular formula is C17H13ClN2O3S.